The molecule has 0 radical (unpaired) electrons. The van der Waals surface area contributed by atoms with Gasteiger partial charge in [0.15, 0.2) is 0 Å². The van der Waals surface area contributed by atoms with Gasteiger partial charge in [-0.05, 0) is 51.2 Å². The van der Waals surface area contributed by atoms with Gasteiger partial charge in [-0.25, -0.2) is 4.79 Å². The zero-order chi connectivity index (χ0) is 24.1. The topological polar surface area (TPSA) is 95.9 Å². The number of carboxylic acids is 1. The number of alkyl carbamates (subject to hydrolysis) is 1. The molecule has 0 bridgehead atoms. The van der Waals surface area contributed by atoms with Crippen LogP contribution in [0.15, 0.2) is 60.7 Å². The summed E-state index contributed by atoms with van der Waals surface area (Å²) < 4.78 is 5.21. The minimum Gasteiger partial charge on any atom is -0.480 e. The third kappa shape index (κ3) is 5.72. The van der Waals surface area contributed by atoms with E-state index in [1.807, 2.05) is 60.7 Å². The molecule has 1 aliphatic heterocycles. The summed E-state index contributed by atoms with van der Waals surface area (Å²) in [5.74, 6) is -1.20. The number of rotatable bonds is 7. The van der Waals surface area contributed by atoms with Crippen LogP contribution in [-0.4, -0.2) is 52.7 Å². The molecule has 176 valence electrons. The summed E-state index contributed by atoms with van der Waals surface area (Å²) in [6, 6.07) is 18.1. The van der Waals surface area contributed by atoms with Gasteiger partial charge in [0.1, 0.15) is 17.6 Å². The molecule has 2 aromatic rings. The summed E-state index contributed by atoms with van der Waals surface area (Å²) in [5.41, 5.74) is -0.602. The number of aliphatic carboxylic acids is 1. The Morgan fingerprint density at radius 1 is 1.00 bits per heavy atom. The fourth-order valence-corrected chi connectivity index (χ4v) is 4.48. The molecule has 0 aromatic heterocycles. The monoisotopic (exact) mass is 452 g/mol. The maximum absolute atomic E-state index is 13.0. The number of ether oxygens (including phenoxy) is 1. The molecule has 1 unspecified atom stereocenters. The standard InChI is InChI=1S/C26H32N2O5/c1-25(2,3)33-24(32)27-18-22(29)28-16-10-15-21(28)17-26(23(30)31,19-11-6-4-7-12-19)20-13-8-5-9-14-20/h4-9,11-14,21H,10,15-18H2,1-3H3,(H,27,32)(H,30,31). The van der Waals surface area contributed by atoms with Crippen LogP contribution in [0.1, 0.15) is 51.2 Å². The lowest BCUT2D eigenvalue weighted by atomic mass is 9.70. The molecule has 1 heterocycles. The van der Waals surface area contributed by atoms with E-state index in [4.69, 9.17) is 4.74 Å². The number of hydrogen-bond donors (Lipinski definition) is 2. The molecule has 2 amide bonds. The molecule has 0 aliphatic carbocycles. The Hall–Kier alpha value is -3.35. The van der Waals surface area contributed by atoms with E-state index < -0.39 is 23.1 Å². The van der Waals surface area contributed by atoms with Crippen LogP contribution in [0, 0.1) is 0 Å². The predicted molar refractivity (Wildman–Crippen MR) is 125 cm³/mol. The van der Waals surface area contributed by atoms with Gasteiger partial charge in [0.05, 0.1) is 0 Å². The molecule has 3 rings (SSSR count). The summed E-state index contributed by atoms with van der Waals surface area (Å²) in [6.07, 6.45) is 1.07. The molecule has 1 saturated heterocycles. The Balaban J connectivity index is 1.84. The van der Waals surface area contributed by atoms with Gasteiger partial charge in [0, 0.05) is 12.6 Å². The second-order valence-electron chi connectivity index (χ2n) is 9.39. The number of carbonyl (C=O) groups is 3. The van der Waals surface area contributed by atoms with Crippen LogP contribution in [0.4, 0.5) is 4.79 Å². The molecule has 0 spiro atoms. The van der Waals surface area contributed by atoms with Crippen molar-refractivity contribution in [3.63, 3.8) is 0 Å². The van der Waals surface area contributed by atoms with Crippen molar-refractivity contribution in [2.45, 2.75) is 57.1 Å². The first kappa shape index (κ1) is 24.3. The molecule has 7 nitrogen and oxygen atoms in total. The number of hydrogen-bond acceptors (Lipinski definition) is 4. The molecule has 2 aromatic carbocycles. The molecule has 1 aliphatic rings. The highest BCUT2D eigenvalue weighted by Gasteiger charge is 2.46. The minimum atomic E-state index is -1.30. The van der Waals surface area contributed by atoms with Crippen LogP contribution < -0.4 is 5.32 Å². The van der Waals surface area contributed by atoms with Crippen molar-refractivity contribution < 1.29 is 24.2 Å². The normalized spacial score (nSPS) is 16.3. The second kappa shape index (κ2) is 10.1. The van der Waals surface area contributed by atoms with Crippen LogP contribution >= 0.6 is 0 Å². The minimum absolute atomic E-state index is 0.192. The van der Waals surface area contributed by atoms with Crippen LogP contribution in [0.3, 0.4) is 0 Å². The van der Waals surface area contributed by atoms with Gasteiger partial charge in [0.25, 0.3) is 0 Å². The molecule has 0 saturated carbocycles. The van der Waals surface area contributed by atoms with Gasteiger partial charge >= 0.3 is 12.1 Å². The third-order valence-electron chi connectivity index (χ3n) is 5.92. The Morgan fingerprint density at radius 2 is 1.55 bits per heavy atom. The highest BCUT2D eigenvalue weighted by molar-refractivity contribution is 5.87. The number of amides is 2. The maximum Gasteiger partial charge on any atom is 0.408 e. The van der Waals surface area contributed by atoms with E-state index in [2.05, 4.69) is 5.32 Å². The van der Waals surface area contributed by atoms with E-state index in [0.29, 0.717) is 24.1 Å². The second-order valence-corrected chi connectivity index (χ2v) is 9.39. The molecular weight excluding hydrogens is 420 g/mol. The lowest BCUT2D eigenvalue weighted by Crippen LogP contribution is -2.48. The van der Waals surface area contributed by atoms with Crippen molar-refractivity contribution in [3.05, 3.63) is 71.8 Å². The first-order valence-electron chi connectivity index (χ1n) is 11.2. The average Bonchev–Trinajstić information content (AvgIpc) is 3.24. The maximum atomic E-state index is 13.0. The van der Waals surface area contributed by atoms with Gasteiger partial charge < -0.3 is 20.1 Å². The number of carboxylic acid groups (broad SMARTS) is 1. The van der Waals surface area contributed by atoms with Gasteiger partial charge in [-0.3, -0.25) is 9.59 Å². The van der Waals surface area contributed by atoms with E-state index in [-0.39, 0.29) is 24.9 Å². The van der Waals surface area contributed by atoms with Crippen molar-refractivity contribution in [3.8, 4) is 0 Å². The van der Waals surface area contributed by atoms with E-state index in [0.717, 1.165) is 6.42 Å². The Morgan fingerprint density at radius 3 is 2.03 bits per heavy atom. The quantitative estimate of drug-likeness (QED) is 0.663. The number of nitrogens with zero attached hydrogens (tertiary/aromatic N) is 1. The average molecular weight is 453 g/mol. The van der Waals surface area contributed by atoms with Crippen LogP contribution in [0.25, 0.3) is 0 Å². The van der Waals surface area contributed by atoms with Crippen LogP contribution in [-0.2, 0) is 19.7 Å². The Bertz CT molecular complexity index is 930. The van der Waals surface area contributed by atoms with E-state index in [1.54, 1.807) is 25.7 Å². The SMILES string of the molecule is CC(C)(C)OC(=O)NCC(=O)N1CCCC1CC(C(=O)O)(c1ccccc1)c1ccccc1. The third-order valence-corrected chi connectivity index (χ3v) is 5.92. The summed E-state index contributed by atoms with van der Waals surface area (Å²) in [4.78, 5) is 39.5. The first-order chi connectivity index (χ1) is 15.6. The fourth-order valence-electron chi connectivity index (χ4n) is 4.48. The van der Waals surface area contributed by atoms with E-state index in [9.17, 15) is 19.5 Å². The number of nitrogens with one attached hydrogen (secondary N) is 1. The molecule has 33 heavy (non-hydrogen) atoms. The highest BCUT2D eigenvalue weighted by atomic mass is 16.6. The lowest BCUT2D eigenvalue weighted by molar-refractivity contribution is -0.144. The van der Waals surface area contributed by atoms with E-state index in [1.165, 1.54) is 0 Å². The Labute approximate surface area is 194 Å². The van der Waals surface area contributed by atoms with Gasteiger partial charge in [-0.15, -0.1) is 0 Å². The predicted octanol–water partition coefficient (Wildman–Crippen LogP) is 3.96. The zero-order valence-corrected chi connectivity index (χ0v) is 19.4. The molecule has 1 fully saturated rings. The van der Waals surface area contributed by atoms with Crippen molar-refractivity contribution in [1.82, 2.24) is 10.2 Å². The van der Waals surface area contributed by atoms with Crippen molar-refractivity contribution in [2.75, 3.05) is 13.1 Å². The van der Waals surface area contributed by atoms with Gasteiger partial charge in [0.2, 0.25) is 5.91 Å². The molecule has 7 heteroatoms. The van der Waals surface area contributed by atoms with Crippen molar-refractivity contribution >= 4 is 18.0 Å². The molecular formula is C26H32N2O5. The summed E-state index contributed by atoms with van der Waals surface area (Å²) in [6.45, 7) is 5.59. The molecule has 1 atom stereocenters. The Kier molecular flexibility index (Phi) is 7.41. The van der Waals surface area contributed by atoms with Gasteiger partial charge in [-0.1, -0.05) is 60.7 Å². The van der Waals surface area contributed by atoms with E-state index >= 15 is 0 Å². The first-order valence-corrected chi connectivity index (χ1v) is 11.2. The highest BCUT2D eigenvalue weighted by Crippen LogP contribution is 2.40. The number of likely N-dealkylation sites (tertiary alicyclic amines) is 1. The molecule has 2 N–H and O–H groups in total. The van der Waals surface area contributed by atoms with Crippen molar-refractivity contribution in [1.29, 1.82) is 0 Å². The lowest BCUT2D eigenvalue weighted by Gasteiger charge is -2.36. The van der Waals surface area contributed by atoms with Gasteiger partial charge in [-0.2, -0.15) is 0 Å². The van der Waals surface area contributed by atoms with Crippen LogP contribution in [0.2, 0.25) is 0 Å². The van der Waals surface area contributed by atoms with Crippen molar-refractivity contribution in [2.24, 2.45) is 0 Å². The summed E-state index contributed by atoms with van der Waals surface area (Å²) >= 11 is 0. The fraction of sp³-hybridized carbons (Fsp3) is 0.423. The number of benzene rings is 2. The van der Waals surface area contributed by atoms with Crippen LogP contribution in [0.5, 0.6) is 0 Å². The largest absolute Gasteiger partial charge is 0.480 e. The number of carbonyl (C=O) groups excluding carboxylic acids is 2. The zero-order valence-electron chi connectivity index (χ0n) is 19.4. The summed E-state index contributed by atoms with van der Waals surface area (Å²) in [7, 11) is 0. The summed E-state index contributed by atoms with van der Waals surface area (Å²) in [5, 5.41) is 13.0. The smallest absolute Gasteiger partial charge is 0.408 e.